The zero-order valence-corrected chi connectivity index (χ0v) is 61.1. The fraction of sp³-hybridized carbons (Fsp3) is 0.908. The van der Waals surface area contributed by atoms with Crippen molar-refractivity contribution < 1.29 is 104 Å². The molecule has 3 heterocycles. The number of rotatable bonds is 61. The number of hydrogen-bond donors (Lipinski definition) is 14. The van der Waals surface area contributed by atoms with Crippen molar-refractivity contribution in [3.63, 3.8) is 0 Å². The molecule has 0 saturated carbocycles. The molecule has 99 heavy (non-hydrogen) atoms. The van der Waals surface area contributed by atoms with Gasteiger partial charge in [-0.3, -0.25) is 9.59 Å². The van der Waals surface area contributed by atoms with Crippen molar-refractivity contribution in [2.24, 2.45) is 0 Å². The third-order valence-corrected chi connectivity index (χ3v) is 19.9. The summed E-state index contributed by atoms with van der Waals surface area (Å²) in [7, 11) is 0. The molecule has 3 fully saturated rings. The minimum Gasteiger partial charge on any atom is -0.477 e. The van der Waals surface area contributed by atoms with Gasteiger partial charge in [-0.25, -0.2) is 4.79 Å². The van der Waals surface area contributed by atoms with Gasteiger partial charge in [-0.05, 0) is 44.9 Å². The summed E-state index contributed by atoms with van der Waals surface area (Å²) < 4.78 is 34.8. The molecule has 3 saturated heterocycles. The average molecular weight is 1420 g/mol. The van der Waals surface area contributed by atoms with Gasteiger partial charge < -0.3 is 100 Å². The molecular formula is C76H140N2O21. The van der Waals surface area contributed by atoms with Gasteiger partial charge in [0.05, 0.1) is 50.7 Å². The van der Waals surface area contributed by atoms with Crippen molar-refractivity contribution in [1.82, 2.24) is 10.6 Å². The fourth-order valence-corrected chi connectivity index (χ4v) is 13.6. The van der Waals surface area contributed by atoms with Gasteiger partial charge >= 0.3 is 5.97 Å². The molecule has 3 aliphatic rings. The second-order valence-electron chi connectivity index (χ2n) is 28.6. The van der Waals surface area contributed by atoms with Crippen LogP contribution in [0.5, 0.6) is 0 Å². The number of aliphatic hydroxyl groups is 11. The van der Waals surface area contributed by atoms with E-state index in [-0.39, 0.29) is 12.3 Å². The molecule has 23 heteroatoms. The predicted molar refractivity (Wildman–Crippen MR) is 380 cm³/mol. The van der Waals surface area contributed by atoms with Crippen LogP contribution in [0.3, 0.4) is 0 Å². The lowest BCUT2D eigenvalue weighted by atomic mass is 9.88. The summed E-state index contributed by atoms with van der Waals surface area (Å²) in [5.41, 5.74) is 0. The van der Waals surface area contributed by atoms with Crippen molar-refractivity contribution in [3.8, 4) is 0 Å². The molecule has 0 aromatic heterocycles. The van der Waals surface area contributed by atoms with E-state index in [1.54, 1.807) is 6.08 Å². The summed E-state index contributed by atoms with van der Waals surface area (Å²) in [6, 6.07) is -2.62. The first-order valence-corrected chi connectivity index (χ1v) is 39.2. The molecule has 14 N–H and O–H groups in total. The van der Waals surface area contributed by atoms with E-state index in [9.17, 15) is 75.7 Å². The van der Waals surface area contributed by atoms with Crippen molar-refractivity contribution in [2.75, 3.05) is 26.4 Å². The Morgan fingerprint density at radius 3 is 1.37 bits per heavy atom. The topological polar surface area (TPSA) is 373 Å². The highest BCUT2D eigenvalue weighted by Crippen LogP contribution is 2.39. The first kappa shape index (κ1) is 90.4. The number of allylic oxidation sites excluding steroid dienone is 3. The first-order valence-electron chi connectivity index (χ1n) is 39.2. The number of amides is 2. The van der Waals surface area contributed by atoms with Crippen LogP contribution in [-0.4, -0.2) is 215 Å². The van der Waals surface area contributed by atoms with E-state index in [0.717, 1.165) is 51.9 Å². The molecule has 18 atom stereocenters. The van der Waals surface area contributed by atoms with Crippen LogP contribution < -0.4 is 10.6 Å². The molecule has 2 amide bonds. The quantitative estimate of drug-likeness (QED) is 0.0199. The Balaban J connectivity index is 1.48. The Kier molecular flexibility index (Phi) is 50.8. The standard InChI is InChI=1S/C76H140N2O21/c1-4-6-8-10-12-14-16-18-20-21-22-23-24-25-26-27-28-29-30-31-32-33-34-35-36-38-40-42-44-46-48-50-63(86)78-57(58(83)49-47-45-43-41-39-37-19-17-15-13-11-9-7-5-2)55-94-73-68(90)67(89)70(62(54-81)96-73)97-74-69(91)72(66(88)61(53-80)95-74)99-76(75(92)93)51-59(84)64(77-56(3)82)71(98-76)65(87)60(85)52-79/h25-26,47,49,57-62,64-74,79-81,83-85,87-91H,4-24,27-46,48,50-55H2,1-3H3,(H,77,82)(H,78,86)(H,92,93)/b26-25-,49-47+. The SMILES string of the molecule is CCCCCCCCCCCCCC/C=C\CCCCCCCCCCCCCCCCCC(=O)NC(COC1OC(CO)C(OC2OC(CO)C(O)C(OC3(C(=O)O)CC(O)C(NC(C)=O)C(C(O)C(O)CO)O3)C2O)C(O)C1O)C(O)/C=C/CCCCCCCCCCCCCC. The van der Waals surface area contributed by atoms with E-state index in [1.165, 1.54) is 212 Å². The summed E-state index contributed by atoms with van der Waals surface area (Å²) in [5, 5.41) is 136. The van der Waals surface area contributed by atoms with Gasteiger partial charge in [-0.15, -0.1) is 0 Å². The zero-order valence-electron chi connectivity index (χ0n) is 61.1. The van der Waals surface area contributed by atoms with E-state index >= 15 is 0 Å². The Morgan fingerprint density at radius 1 is 0.525 bits per heavy atom. The predicted octanol–water partition coefficient (Wildman–Crippen LogP) is 9.57. The number of carboxylic acids is 1. The van der Waals surface area contributed by atoms with E-state index in [1.807, 2.05) is 6.08 Å². The van der Waals surface area contributed by atoms with Crippen LogP contribution in [0.1, 0.15) is 303 Å². The Labute approximate surface area is 594 Å². The number of nitrogens with one attached hydrogen (secondary N) is 2. The van der Waals surface area contributed by atoms with Crippen LogP contribution in [0, 0.1) is 0 Å². The van der Waals surface area contributed by atoms with Crippen molar-refractivity contribution >= 4 is 17.8 Å². The Bertz CT molecular complexity index is 2080. The normalized spacial score (nSPS) is 27.2. The molecule has 580 valence electrons. The molecule has 0 aliphatic carbocycles. The molecule has 0 bridgehead atoms. The Morgan fingerprint density at radius 2 is 0.949 bits per heavy atom. The molecule has 3 aliphatic heterocycles. The van der Waals surface area contributed by atoms with E-state index in [4.69, 9.17) is 28.4 Å². The molecule has 0 radical (unpaired) electrons. The van der Waals surface area contributed by atoms with Crippen molar-refractivity contribution in [1.29, 1.82) is 0 Å². The largest absolute Gasteiger partial charge is 0.477 e. The monoisotopic (exact) mass is 1420 g/mol. The molecule has 18 unspecified atom stereocenters. The summed E-state index contributed by atoms with van der Waals surface area (Å²) in [6.45, 7) is 2.16. The third-order valence-electron chi connectivity index (χ3n) is 19.9. The van der Waals surface area contributed by atoms with Crippen LogP contribution in [0.15, 0.2) is 24.3 Å². The molecular weight excluding hydrogens is 1280 g/mol. The van der Waals surface area contributed by atoms with Crippen molar-refractivity contribution in [2.45, 2.75) is 413 Å². The second-order valence-corrected chi connectivity index (χ2v) is 28.6. The third kappa shape index (κ3) is 36.7. The molecule has 0 spiro atoms. The number of carboxylic acid groups (broad SMARTS) is 1. The van der Waals surface area contributed by atoms with Crippen LogP contribution in [-0.2, 0) is 42.8 Å². The maximum Gasteiger partial charge on any atom is 0.364 e. The van der Waals surface area contributed by atoms with Gasteiger partial charge in [0, 0.05) is 19.8 Å². The number of carbonyl (C=O) groups is 3. The fourth-order valence-electron chi connectivity index (χ4n) is 13.6. The first-order chi connectivity index (χ1) is 47.9. The minimum absolute atomic E-state index is 0.203. The van der Waals surface area contributed by atoms with Gasteiger partial charge in [0.25, 0.3) is 5.79 Å². The molecule has 23 nitrogen and oxygen atoms in total. The number of carbonyl (C=O) groups excluding carboxylic acids is 2. The average Bonchev–Trinajstić information content (AvgIpc) is 0.753. The van der Waals surface area contributed by atoms with Gasteiger partial charge in [0.15, 0.2) is 12.6 Å². The maximum atomic E-state index is 13.5. The maximum absolute atomic E-state index is 13.5. The highest BCUT2D eigenvalue weighted by molar-refractivity contribution is 5.77. The van der Waals surface area contributed by atoms with Crippen LogP contribution in [0.2, 0.25) is 0 Å². The zero-order chi connectivity index (χ0) is 72.5. The smallest absolute Gasteiger partial charge is 0.364 e. The van der Waals surface area contributed by atoms with E-state index in [2.05, 4.69) is 36.6 Å². The van der Waals surface area contributed by atoms with E-state index in [0.29, 0.717) is 12.8 Å². The highest BCUT2D eigenvalue weighted by atomic mass is 16.8. The van der Waals surface area contributed by atoms with Crippen LogP contribution in [0.4, 0.5) is 0 Å². The second kappa shape index (κ2) is 55.7. The van der Waals surface area contributed by atoms with Crippen molar-refractivity contribution in [3.05, 3.63) is 24.3 Å². The van der Waals surface area contributed by atoms with E-state index < -0.39 is 155 Å². The number of unbranched alkanes of at least 4 members (excludes halogenated alkanes) is 39. The number of hydrogen-bond acceptors (Lipinski definition) is 20. The van der Waals surface area contributed by atoms with Crippen LogP contribution >= 0.6 is 0 Å². The lowest BCUT2D eigenvalue weighted by Gasteiger charge is -2.50. The van der Waals surface area contributed by atoms with Crippen LogP contribution in [0.25, 0.3) is 0 Å². The Hall–Kier alpha value is -2.79. The molecule has 0 aromatic carbocycles. The highest BCUT2D eigenvalue weighted by Gasteiger charge is 2.60. The summed E-state index contributed by atoms with van der Waals surface area (Å²) in [4.78, 5) is 38.6. The van der Waals surface area contributed by atoms with Gasteiger partial charge in [0.2, 0.25) is 11.8 Å². The summed E-state index contributed by atoms with van der Waals surface area (Å²) in [5.74, 6) is -6.14. The molecule has 0 aromatic rings. The summed E-state index contributed by atoms with van der Waals surface area (Å²) >= 11 is 0. The summed E-state index contributed by atoms with van der Waals surface area (Å²) in [6.07, 6.45) is 30.9. The number of aliphatic carboxylic acids is 1. The minimum atomic E-state index is -3.08. The lowest BCUT2D eigenvalue weighted by molar-refractivity contribution is -0.386. The lowest BCUT2D eigenvalue weighted by Crippen LogP contribution is -2.70. The van der Waals surface area contributed by atoms with Gasteiger partial charge in [-0.2, -0.15) is 0 Å². The molecule has 3 rings (SSSR count). The number of aliphatic hydroxyl groups excluding tert-OH is 11. The number of ether oxygens (including phenoxy) is 6. The van der Waals surface area contributed by atoms with Gasteiger partial charge in [0.1, 0.15) is 67.1 Å². The van der Waals surface area contributed by atoms with Gasteiger partial charge in [-0.1, -0.05) is 263 Å².